The van der Waals surface area contributed by atoms with E-state index in [0.717, 1.165) is 32.2 Å². The third kappa shape index (κ3) is 8.23. The lowest BCUT2D eigenvalue weighted by molar-refractivity contribution is -0.130. The Morgan fingerprint density at radius 2 is 1.89 bits per heavy atom. The Morgan fingerprint density at radius 3 is 2.44 bits per heavy atom. The van der Waals surface area contributed by atoms with Gasteiger partial charge in [-0.05, 0) is 33.1 Å². The molecule has 18 heavy (non-hydrogen) atoms. The predicted molar refractivity (Wildman–Crippen MR) is 72.5 cm³/mol. The van der Waals surface area contributed by atoms with Crippen LogP contribution in [-0.4, -0.2) is 42.9 Å². The molecule has 0 fully saturated rings. The van der Waals surface area contributed by atoms with Gasteiger partial charge >= 0.3 is 0 Å². The number of unbranched alkanes of at least 4 members (excludes halogenated alkanes) is 2. The summed E-state index contributed by atoms with van der Waals surface area (Å²) in [6.07, 6.45) is 4.07. The summed E-state index contributed by atoms with van der Waals surface area (Å²) in [5, 5.41) is 0. The second-order valence-electron chi connectivity index (χ2n) is 4.75. The first kappa shape index (κ1) is 17.1. The fourth-order valence-corrected chi connectivity index (χ4v) is 1.58. The Balaban J connectivity index is 3.45. The highest BCUT2D eigenvalue weighted by Gasteiger charge is 2.08. The van der Waals surface area contributed by atoms with Crippen molar-refractivity contribution in [2.75, 3.05) is 20.2 Å². The van der Waals surface area contributed by atoms with Crippen molar-refractivity contribution in [1.29, 1.82) is 0 Å². The summed E-state index contributed by atoms with van der Waals surface area (Å²) in [6, 6.07) is 0. The minimum absolute atomic E-state index is 0.0615. The van der Waals surface area contributed by atoms with Crippen LogP contribution in [0.2, 0.25) is 0 Å². The maximum absolute atomic E-state index is 11.6. The number of hydrogen-bond acceptors (Lipinski definition) is 3. The van der Waals surface area contributed by atoms with E-state index in [-0.39, 0.29) is 17.8 Å². The van der Waals surface area contributed by atoms with E-state index in [9.17, 15) is 9.59 Å². The average Bonchev–Trinajstić information content (AvgIpc) is 2.32. The first-order chi connectivity index (χ1) is 8.49. The zero-order valence-corrected chi connectivity index (χ0v) is 12.2. The zero-order valence-electron chi connectivity index (χ0n) is 12.2. The van der Waals surface area contributed by atoms with Gasteiger partial charge in [0.2, 0.25) is 5.91 Å². The maximum Gasteiger partial charge on any atom is 0.222 e. The number of rotatable bonds is 10. The van der Waals surface area contributed by atoms with Crippen LogP contribution < -0.4 is 0 Å². The van der Waals surface area contributed by atoms with Crippen molar-refractivity contribution in [3.8, 4) is 0 Å². The molecule has 0 bridgehead atoms. The highest BCUT2D eigenvalue weighted by Crippen LogP contribution is 2.04. The van der Waals surface area contributed by atoms with Gasteiger partial charge in [-0.25, -0.2) is 0 Å². The van der Waals surface area contributed by atoms with Gasteiger partial charge in [0.15, 0.2) is 5.78 Å². The average molecular weight is 257 g/mol. The van der Waals surface area contributed by atoms with E-state index < -0.39 is 0 Å². The summed E-state index contributed by atoms with van der Waals surface area (Å²) < 4.78 is 5.35. The van der Waals surface area contributed by atoms with Crippen LogP contribution in [0, 0.1) is 0 Å². The lowest BCUT2D eigenvalue weighted by Crippen LogP contribution is -2.27. The van der Waals surface area contributed by atoms with E-state index in [1.165, 1.54) is 6.92 Å². The van der Waals surface area contributed by atoms with Crippen LogP contribution in [0.15, 0.2) is 0 Å². The lowest BCUT2D eigenvalue weighted by atomic mass is 10.2. The van der Waals surface area contributed by atoms with E-state index >= 15 is 0 Å². The van der Waals surface area contributed by atoms with Crippen molar-refractivity contribution in [1.82, 2.24) is 4.90 Å². The number of carbonyl (C=O) groups is 2. The molecule has 0 aliphatic carbocycles. The summed E-state index contributed by atoms with van der Waals surface area (Å²) in [5.74, 6) is 0.279. The van der Waals surface area contributed by atoms with Crippen molar-refractivity contribution in [3.63, 3.8) is 0 Å². The van der Waals surface area contributed by atoms with Gasteiger partial charge in [-0.1, -0.05) is 13.3 Å². The van der Waals surface area contributed by atoms with Crippen molar-refractivity contribution in [3.05, 3.63) is 0 Å². The summed E-state index contributed by atoms with van der Waals surface area (Å²) in [5.41, 5.74) is 0. The van der Waals surface area contributed by atoms with Gasteiger partial charge in [-0.15, -0.1) is 0 Å². The van der Waals surface area contributed by atoms with Gasteiger partial charge in [-0.2, -0.15) is 0 Å². The van der Waals surface area contributed by atoms with E-state index in [1.54, 1.807) is 11.8 Å². The summed E-state index contributed by atoms with van der Waals surface area (Å²) in [6.45, 7) is 6.80. The number of Topliss-reactive ketones (excluding diaryl/α,β-unsaturated/α-hetero) is 1. The second-order valence-corrected chi connectivity index (χ2v) is 4.75. The molecular formula is C14H27NO3. The minimum Gasteiger partial charge on any atom is -0.371 e. The Hall–Kier alpha value is -0.900. The SMILES string of the molecule is CCCN(C)C(=O)CCCCCOC(C)C(C)=O. The maximum atomic E-state index is 11.6. The number of ether oxygens (including phenoxy) is 1. The Bertz CT molecular complexity index is 253. The molecule has 0 radical (unpaired) electrons. The summed E-state index contributed by atoms with van der Waals surface area (Å²) in [7, 11) is 1.85. The molecule has 106 valence electrons. The number of amides is 1. The van der Waals surface area contributed by atoms with Crippen LogP contribution in [0.25, 0.3) is 0 Å². The largest absolute Gasteiger partial charge is 0.371 e. The van der Waals surface area contributed by atoms with E-state index in [4.69, 9.17) is 4.74 Å². The molecule has 0 aromatic carbocycles. The first-order valence-corrected chi connectivity index (χ1v) is 6.85. The molecule has 0 spiro atoms. The number of carbonyl (C=O) groups excluding carboxylic acids is 2. The fraction of sp³-hybridized carbons (Fsp3) is 0.857. The third-order valence-corrected chi connectivity index (χ3v) is 2.96. The molecule has 1 atom stereocenters. The number of ketones is 1. The molecule has 0 aliphatic rings. The van der Waals surface area contributed by atoms with Crippen molar-refractivity contribution < 1.29 is 14.3 Å². The molecule has 1 amide bonds. The van der Waals surface area contributed by atoms with Crippen LogP contribution in [0.4, 0.5) is 0 Å². The third-order valence-electron chi connectivity index (χ3n) is 2.96. The molecule has 0 rings (SSSR count). The van der Waals surface area contributed by atoms with Gasteiger partial charge in [0, 0.05) is 26.6 Å². The van der Waals surface area contributed by atoms with Gasteiger partial charge in [0.25, 0.3) is 0 Å². The fourth-order valence-electron chi connectivity index (χ4n) is 1.58. The molecule has 0 aromatic rings. The molecule has 0 aliphatic heterocycles. The molecule has 0 saturated heterocycles. The second kappa shape index (κ2) is 10.1. The molecule has 1 unspecified atom stereocenters. The van der Waals surface area contributed by atoms with Crippen LogP contribution >= 0.6 is 0 Å². The molecule has 4 heteroatoms. The highest BCUT2D eigenvalue weighted by molar-refractivity contribution is 5.79. The molecule has 0 saturated carbocycles. The quantitative estimate of drug-likeness (QED) is 0.565. The van der Waals surface area contributed by atoms with Gasteiger partial charge in [0.1, 0.15) is 6.10 Å². The number of nitrogens with zero attached hydrogens (tertiary/aromatic N) is 1. The smallest absolute Gasteiger partial charge is 0.222 e. The van der Waals surface area contributed by atoms with Gasteiger partial charge in [-0.3, -0.25) is 9.59 Å². The van der Waals surface area contributed by atoms with Gasteiger partial charge < -0.3 is 9.64 Å². The first-order valence-electron chi connectivity index (χ1n) is 6.85. The van der Waals surface area contributed by atoms with E-state index in [2.05, 4.69) is 6.92 Å². The lowest BCUT2D eigenvalue weighted by Gasteiger charge is -2.15. The minimum atomic E-state index is -0.303. The van der Waals surface area contributed by atoms with E-state index in [0.29, 0.717) is 13.0 Å². The highest BCUT2D eigenvalue weighted by atomic mass is 16.5. The Kier molecular flexibility index (Phi) is 9.56. The van der Waals surface area contributed by atoms with Gasteiger partial charge in [0.05, 0.1) is 0 Å². The molecule has 0 N–H and O–H groups in total. The standard InChI is InChI=1S/C14H27NO3/c1-5-10-15(4)14(17)9-7-6-8-11-18-13(3)12(2)16/h13H,5-11H2,1-4H3. The van der Waals surface area contributed by atoms with Crippen LogP contribution in [0.5, 0.6) is 0 Å². The summed E-state index contributed by atoms with van der Waals surface area (Å²) in [4.78, 5) is 24.3. The number of hydrogen-bond donors (Lipinski definition) is 0. The topological polar surface area (TPSA) is 46.6 Å². The van der Waals surface area contributed by atoms with Crippen LogP contribution in [0.3, 0.4) is 0 Å². The van der Waals surface area contributed by atoms with Crippen LogP contribution in [-0.2, 0) is 14.3 Å². The Morgan fingerprint density at radius 1 is 1.22 bits per heavy atom. The summed E-state index contributed by atoms with van der Waals surface area (Å²) >= 11 is 0. The van der Waals surface area contributed by atoms with Crippen LogP contribution in [0.1, 0.15) is 52.9 Å². The predicted octanol–water partition coefficient (Wildman–Crippen LogP) is 2.41. The molecule has 0 heterocycles. The molecule has 4 nitrogen and oxygen atoms in total. The monoisotopic (exact) mass is 257 g/mol. The van der Waals surface area contributed by atoms with Crippen molar-refractivity contribution in [2.24, 2.45) is 0 Å². The van der Waals surface area contributed by atoms with Crippen molar-refractivity contribution in [2.45, 2.75) is 59.0 Å². The van der Waals surface area contributed by atoms with E-state index in [1.807, 2.05) is 7.05 Å². The zero-order chi connectivity index (χ0) is 14.0. The molecule has 0 aromatic heterocycles. The molecular weight excluding hydrogens is 230 g/mol. The van der Waals surface area contributed by atoms with Crippen molar-refractivity contribution >= 4 is 11.7 Å². The normalized spacial score (nSPS) is 12.2. The Labute approximate surface area is 111 Å².